The fraction of sp³-hybridized carbons (Fsp3) is 0.318. The first-order valence-electron chi connectivity index (χ1n) is 8.28. The highest BCUT2D eigenvalue weighted by Gasteiger charge is 2.20. The van der Waals surface area contributed by atoms with Crippen molar-refractivity contribution >= 4 is 10.9 Å². The first-order valence-corrected chi connectivity index (χ1v) is 8.28. The molecule has 1 heteroatoms. The maximum atomic E-state index is 2.35. The monoisotopic (exact) mass is 304 g/mol. The molecule has 23 heavy (non-hydrogen) atoms. The molecule has 3 rings (SSSR count). The van der Waals surface area contributed by atoms with E-state index in [-0.39, 0.29) is 0 Å². The second-order valence-electron chi connectivity index (χ2n) is 7.00. The molecule has 0 aliphatic carbocycles. The maximum Gasteiger partial charge on any atom is 0.213 e. The van der Waals surface area contributed by atoms with Crippen LogP contribution in [0.4, 0.5) is 0 Å². The van der Waals surface area contributed by atoms with Gasteiger partial charge in [-0.1, -0.05) is 17.7 Å². The zero-order chi connectivity index (χ0) is 16.9. The highest BCUT2D eigenvalue weighted by Crippen LogP contribution is 2.29. The van der Waals surface area contributed by atoms with E-state index in [0.717, 1.165) is 0 Å². The average molecular weight is 304 g/mol. The highest BCUT2D eigenvalue weighted by atomic mass is 14.9. The van der Waals surface area contributed by atoms with Crippen molar-refractivity contribution in [2.75, 3.05) is 0 Å². The van der Waals surface area contributed by atoms with Crippen LogP contribution in [0.5, 0.6) is 0 Å². The van der Waals surface area contributed by atoms with E-state index in [9.17, 15) is 0 Å². The molecular formula is C22H26N+. The van der Waals surface area contributed by atoms with Gasteiger partial charge in [-0.2, -0.15) is 4.57 Å². The van der Waals surface area contributed by atoms with Crippen LogP contribution >= 0.6 is 0 Å². The highest BCUT2D eigenvalue weighted by molar-refractivity contribution is 5.85. The summed E-state index contributed by atoms with van der Waals surface area (Å²) in [6, 6.07) is 11.5. The maximum absolute atomic E-state index is 2.35. The fourth-order valence-corrected chi connectivity index (χ4v) is 3.79. The van der Waals surface area contributed by atoms with Crippen LogP contribution in [-0.4, -0.2) is 0 Å². The minimum atomic E-state index is 1.30. The first-order chi connectivity index (χ1) is 10.8. The summed E-state index contributed by atoms with van der Waals surface area (Å²) in [6.45, 7) is 13.2. The Morgan fingerprint density at radius 3 is 1.91 bits per heavy atom. The minimum Gasteiger partial charge on any atom is -0.194 e. The number of aryl methyl sites for hydroxylation is 6. The van der Waals surface area contributed by atoms with E-state index in [4.69, 9.17) is 0 Å². The van der Waals surface area contributed by atoms with Crippen molar-refractivity contribution in [2.45, 2.75) is 41.5 Å². The van der Waals surface area contributed by atoms with Gasteiger partial charge in [0, 0.05) is 17.7 Å². The molecule has 1 aromatic heterocycles. The van der Waals surface area contributed by atoms with Gasteiger partial charge in [0.15, 0.2) is 0 Å². The van der Waals surface area contributed by atoms with Gasteiger partial charge in [0.2, 0.25) is 11.2 Å². The topological polar surface area (TPSA) is 3.88 Å². The minimum absolute atomic E-state index is 1.30. The van der Waals surface area contributed by atoms with Crippen LogP contribution in [0.15, 0.2) is 30.3 Å². The molecule has 0 spiro atoms. The molecule has 0 atom stereocenters. The SMILES string of the molecule is Cc1cc(C)c(C)c(-c2cc(C)c3c(C)cc(C)cc3[n+]2C)c1. The summed E-state index contributed by atoms with van der Waals surface area (Å²) in [7, 11) is 2.19. The van der Waals surface area contributed by atoms with Crippen LogP contribution in [0.3, 0.4) is 0 Å². The lowest BCUT2D eigenvalue weighted by molar-refractivity contribution is -0.633. The number of nitrogens with zero attached hydrogens (tertiary/aromatic N) is 1. The Morgan fingerprint density at radius 2 is 1.22 bits per heavy atom. The Bertz CT molecular complexity index is 933. The summed E-state index contributed by atoms with van der Waals surface area (Å²) < 4.78 is 2.35. The fourth-order valence-electron chi connectivity index (χ4n) is 3.79. The summed E-state index contributed by atoms with van der Waals surface area (Å²) in [6.07, 6.45) is 0. The van der Waals surface area contributed by atoms with Crippen LogP contribution in [0, 0.1) is 41.5 Å². The Labute approximate surface area is 139 Å². The molecule has 0 bridgehead atoms. The molecule has 1 heterocycles. The van der Waals surface area contributed by atoms with E-state index in [1.54, 1.807) is 0 Å². The van der Waals surface area contributed by atoms with E-state index in [2.05, 4.69) is 83.5 Å². The molecule has 1 nitrogen and oxygen atoms in total. The number of benzene rings is 2. The number of hydrogen-bond donors (Lipinski definition) is 0. The zero-order valence-electron chi connectivity index (χ0n) is 15.3. The van der Waals surface area contributed by atoms with Crippen molar-refractivity contribution in [1.82, 2.24) is 0 Å². The molecule has 0 unspecified atom stereocenters. The van der Waals surface area contributed by atoms with Crippen LogP contribution in [0.25, 0.3) is 22.2 Å². The lowest BCUT2D eigenvalue weighted by Crippen LogP contribution is -2.33. The zero-order valence-corrected chi connectivity index (χ0v) is 15.3. The van der Waals surface area contributed by atoms with Crippen molar-refractivity contribution in [2.24, 2.45) is 7.05 Å². The Kier molecular flexibility index (Phi) is 3.75. The molecule has 0 N–H and O–H groups in total. The van der Waals surface area contributed by atoms with Gasteiger partial charge in [0.1, 0.15) is 7.05 Å². The van der Waals surface area contributed by atoms with Gasteiger partial charge in [0.25, 0.3) is 0 Å². The first kappa shape index (κ1) is 15.7. The second kappa shape index (κ2) is 5.49. The molecule has 118 valence electrons. The van der Waals surface area contributed by atoms with Gasteiger partial charge in [0.05, 0.1) is 5.39 Å². The molecule has 0 amide bonds. The molecule has 2 aromatic carbocycles. The number of fused-ring (bicyclic) bond motifs is 1. The van der Waals surface area contributed by atoms with E-state index < -0.39 is 0 Å². The number of pyridine rings is 1. The molecule has 0 aliphatic heterocycles. The van der Waals surface area contributed by atoms with Crippen molar-refractivity contribution in [1.29, 1.82) is 0 Å². The van der Waals surface area contributed by atoms with E-state index in [1.165, 1.54) is 55.5 Å². The van der Waals surface area contributed by atoms with Gasteiger partial charge in [-0.3, -0.25) is 0 Å². The van der Waals surface area contributed by atoms with Crippen molar-refractivity contribution in [3.8, 4) is 11.3 Å². The van der Waals surface area contributed by atoms with Gasteiger partial charge < -0.3 is 0 Å². The van der Waals surface area contributed by atoms with Crippen LogP contribution in [0.2, 0.25) is 0 Å². The molecule has 0 radical (unpaired) electrons. The molecule has 0 fully saturated rings. The van der Waals surface area contributed by atoms with Crippen molar-refractivity contribution in [3.05, 3.63) is 63.7 Å². The number of aromatic nitrogens is 1. The third kappa shape index (κ3) is 2.55. The normalized spacial score (nSPS) is 11.3. The van der Waals surface area contributed by atoms with E-state index in [0.29, 0.717) is 0 Å². The molecule has 0 saturated carbocycles. The lowest BCUT2D eigenvalue weighted by Gasteiger charge is -2.13. The van der Waals surface area contributed by atoms with Crippen LogP contribution in [-0.2, 0) is 7.05 Å². The third-order valence-electron chi connectivity index (χ3n) is 5.02. The Morgan fingerprint density at radius 1 is 0.652 bits per heavy atom. The van der Waals surface area contributed by atoms with Gasteiger partial charge in [-0.05, 0) is 75.4 Å². The predicted octanol–water partition coefficient (Wildman–Crippen LogP) is 5.18. The number of rotatable bonds is 1. The summed E-state index contributed by atoms with van der Waals surface area (Å²) in [4.78, 5) is 0. The largest absolute Gasteiger partial charge is 0.213 e. The summed E-state index contributed by atoms with van der Waals surface area (Å²) in [5.74, 6) is 0. The smallest absolute Gasteiger partial charge is 0.194 e. The quantitative estimate of drug-likeness (QED) is 0.545. The van der Waals surface area contributed by atoms with Crippen LogP contribution in [0.1, 0.15) is 33.4 Å². The Balaban J connectivity index is 2.43. The molecule has 0 aliphatic rings. The third-order valence-corrected chi connectivity index (χ3v) is 5.02. The van der Waals surface area contributed by atoms with E-state index >= 15 is 0 Å². The standard InChI is InChI=1S/C22H26N/c1-13-8-15(3)18(6)19(10-13)20-12-17(5)22-16(4)9-14(2)11-21(22)23(20)7/h8-12H,1-7H3/q+1. The lowest BCUT2D eigenvalue weighted by atomic mass is 9.94. The predicted molar refractivity (Wildman–Crippen MR) is 99.0 cm³/mol. The average Bonchev–Trinajstić information content (AvgIpc) is 2.46. The molecular weight excluding hydrogens is 278 g/mol. The Hall–Kier alpha value is -2.15. The van der Waals surface area contributed by atoms with Crippen molar-refractivity contribution < 1.29 is 4.57 Å². The van der Waals surface area contributed by atoms with Gasteiger partial charge in [-0.15, -0.1) is 0 Å². The van der Waals surface area contributed by atoms with Crippen molar-refractivity contribution in [3.63, 3.8) is 0 Å². The molecule has 3 aromatic rings. The van der Waals surface area contributed by atoms with Gasteiger partial charge >= 0.3 is 0 Å². The summed E-state index contributed by atoms with van der Waals surface area (Å²) in [5, 5.41) is 1.38. The second-order valence-corrected chi connectivity index (χ2v) is 7.00. The summed E-state index contributed by atoms with van der Waals surface area (Å²) in [5.41, 5.74) is 12.0. The number of hydrogen-bond acceptors (Lipinski definition) is 0. The molecule has 0 saturated heterocycles. The van der Waals surface area contributed by atoms with Crippen LogP contribution < -0.4 is 4.57 Å². The van der Waals surface area contributed by atoms with E-state index in [1.807, 2.05) is 0 Å². The summed E-state index contributed by atoms with van der Waals surface area (Å²) >= 11 is 0. The van der Waals surface area contributed by atoms with Gasteiger partial charge in [-0.25, -0.2) is 0 Å².